The monoisotopic (exact) mass is 312 g/mol. The quantitative estimate of drug-likeness (QED) is 0.639. The number of carbonyl (C=O) groups excluding carboxylic acids is 1. The van der Waals surface area contributed by atoms with Crippen molar-refractivity contribution in [2.24, 2.45) is 0 Å². The summed E-state index contributed by atoms with van der Waals surface area (Å²) in [6.07, 6.45) is 0. The summed E-state index contributed by atoms with van der Waals surface area (Å²) in [4.78, 5) is 12.1. The molecule has 0 aliphatic carbocycles. The Kier molecular flexibility index (Phi) is 2.71. The number of ketones is 1. The van der Waals surface area contributed by atoms with Crippen LogP contribution >= 0.6 is 23.2 Å². The second kappa shape index (κ2) is 4.07. The van der Waals surface area contributed by atoms with Crippen molar-refractivity contribution in [2.45, 2.75) is 9.79 Å². The van der Waals surface area contributed by atoms with Gasteiger partial charge in [-0.25, -0.2) is 8.42 Å². The first-order valence-corrected chi connectivity index (χ1v) is 7.55. The van der Waals surface area contributed by atoms with Crippen molar-refractivity contribution in [3.05, 3.63) is 57.6 Å². The molecule has 19 heavy (non-hydrogen) atoms. The van der Waals surface area contributed by atoms with Crippen LogP contribution in [0, 0.1) is 0 Å². The summed E-state index contributed by atoms with van der Waals surface area (Å²) in [6, 6.07) is 8.83. The number of hydrogen-bond acceptors (Lipinski definition) is 3. The number of benzene rings is 2. The summed E-state index contributed by atoms with van der Waals surface area (Å²) in [5, 5.41) is 0.0877. The van der Waals surface area contributed by atoms with Gasteiger partial charge in [-0.15, -0.1) is 0 Å². The number of carbonyl (C=O) groups is 1. The molecule has 0 saturated heterocycles. The molecule has 0 radical (unpaired) electrons. The van der Waals surface area contributed by atoms with Crippen LogP contribution in [0.5, 0.6) is 0 Å². The topological polar surface area (TPSA) is 51.2 Å². The molecule has 0 saturated carbocycles. The highest BCUT2D eigenvalue weighted by atomic mass is 35.5. The molecule has 0 atom stereocenters. The highest BCUT2D eigenvalue weighted by Gasteiger charge is 2.37. The predicted octanol–water partition coefficient (Wildman–Crippen LogP) is 3.37. The van der Waals surface area contributed by atoms with E-state index >= 15 is 0 Å². The fraction of sp³-hybridized carbons (Fsp3) is 0. The van der Waals surface area contributed by atoms with Gasteiger partial charge < -0.3 is 0 Å². The van der Waals surface area contributed by atoms with Crippen LogP contribution in [-0.2, 0) is 9.84 Å². The van der Waals surface area contributed by atoms with Gasteiger partial charge in [-0.3, -0.25) is 4.79 Å². The Balaban J connectivity index is 2.53. The average Bonchev–Trinajstić information content (AvgIpc) is 2.39. The zero-order valence-electron chi connectivity index (χ0n) is 9.35. The summed E-state index contributed by atoms with van der Waals surface area (Å²) >= 11 is 11.9. The van der Waals surface area contributed by atoms with E-state index in [9.17, 15) is 13.2 Å². The van der Waals surface area contributed by atoms with Crippen molar-refractivity contribution in [1.29, 1.82) is 0 Å². The van der Waals surface area contributed by atoms with E-state index in [1.54, 1.807) is 12.1 Å². The first-order chi connectivity index (χ1) is 8.94. The highest BCUT2D eigenvalue weighted by molar-refractivity contribution is 7.92. The van der Waals surface area contributed by atoms with Gasteiger partial charge in [0.2, 0.25) is 9.84 Å². The molecule has 96 valence electrons. The largest absolute Gasteiger partial charge is 0.288 e. The Labute approximate surface area is 119 Å². The van der Waals surface area contributed by atoms with E-state index in [0.29, 0.717) is 0 Å². The van der Waals surface area contributed by atoms with Crippen molar-refractivity contribution < 1.29 is 13.2 Å². The molecule has 0 aromatic heterocycles. The Morgan fingerprint density at radius 1 is 0.895 bits per heavy atom. The van der Waals surface area contributed by atoms with Gasteiger partial charge in [0.25, 0.3) is 0 Å². The van der Waals surface area contributed by atoms with E-state index < -0.39 is 15.6 Å². The zero-order valence-corrected chi connectivity index (χ0v) is 11.7. The highest BCUT2D eigenvalue weighted by Crippen LogP contribution is 2.41. The van der Waals surface area contributed by atoms with Gasteiger partial charge >= 0.3 is 0 Å². The van der Waals surface area contributed by atoms with Gasteiger partial charge in [-0.05, 0) is 24.3 Å². The molecule has 0 unspecified atom stereocenters. The van der Waals surface area contributed by atoms with Gasteiger partial charge in [-0.1, -0.05) is 35.3 Å². The Morgan fingerprint density at radius 3 is 2.26 bits per heavy atom. The van der Waals surface area contributed by atoms with Crippen molar-refractivity contribution >= 4 is 38.8 Å². The maximum absolute atomic E-state index is 12.5. The third-order valence-corrected chi connectivity index (χ3v) is 5.61. The Bertz CT molecular complexity index is 826. The lowest BCUT2D eigenvalue weighted by atomic mass is 10.0. The molecule has 2 aromatic rings. The lowest BCUT2D eigenvalue weighted by Crippen LogP contribution is -2.21. The number of halogens is 2. The van der Waals surface area contributed by atoms with Gasteiger partial charge in [0.05, 0.1) is 20.5 Å². The van der Waals surface area contributed by atoms with E-state index in [1.165, 1.54) is 24.3 Å². The zero-order chi connectivity index (χ0) is 13.8. The molecular weight excluding hydrogens is 307 g/mol. The summed E-state index contributed by atoms with van der Waals surface area (Å²) < 4.78 is 25.0. The molecule has 6 heteroatoms. The van der Waals surface area contributed by atoms with Crippen LogP contribution < -0.4 is 0 Å². The van der Waals surface area contributed by atoms with Crippen LogP contribution in [-0.4, -0.2) is 14.2 Å². The van der Waals surface area contributed by atoms with Crippen LogP contribution in [0.4, 0.5) is 0 Å². The van der Waals surface area contributed by atoms with Crippen molar-refractivity contribution in [1.82, 2.24) is 0 Å². The predicted molar refractivity (Wildman–Crippen MR) is 71.8 cm³/mol. The molecule has 0 spiro atoms. The van der Waals surface area contributed by atoms with Crippen LogP contribution in [0.3, 0.4) is 0 Å². The van der Waals surface area contributed by atoms with E-state index in [1.807, 2.05) is 0 Å². The lowest BCUT2D eigenvalue weighted by Gasteiger charge is -2.20. The second-order valence-electron chi connectivity index (χ2n) is 4.06. The summed E-state index contributed by atoms with van der Waals surface area (Å²) in [5.41, 5.74) is 0.0760. The maximum atomic E-state index is 12.5. The average molecular weight is 313 g/mol. The number of hydrogen-bond donors (Lipinski definition) is 0. The molecule has 3 nitrogen and oxygen atoms in total. The van der Waals surface area contributed by atoms with Gasteiger partial charge in [-0.2, -0.15) is 0 Å². The molecular formula is C13H6Cl2O3S. The molecule has 1 aliphatic heterocycles. The Hall–Kier alpha value is -1.36. The summed E-state index contributed by atoms with van der Waals surface area (Å²) in [6.45, 7) is 0. The van der Waals surface area contributed by atoms with Gasteiger partial charge in [0.1, 0.15) is 4.90 Å². The number of fused-ring (bicyclic) bond motifs is 2. The fourth-order valence-electron chi connectivity index (χ4n) is 2.14. The van der Waals surface area contributed by atoms with Gasteiger partial charge in [0, 0.05) is 5.56 Å². The third kappa shape index (κ3) is 1.64. The molecule has 0 fully saturated rings. The molecule has 3 rings (SSSR count). The van der Waals surface area contributed by atoms with Crippen LogP contribution in [0.1, 0.15) is 15.9 Å². The van der Waals surface area contributed by atoms with Crippen molar-refractivity contribution in [2.75, 3.05) is 0 Å². The molecule has 2 aromatic carbocycles. The first kappa shape index (κ1) is 12.7. The molecule has 0 bridgehead atoms. The minimum atomic E-state index is -3.82. The van der Waals surface area contributed by atoms with Crippen LogP contribution in [0.25, 0.3) is 0 Å². The molecule has 0 N–H and O–H groups in total. The lowest BCUT2D eigenvalue weighted by molar-refractivity contribution is 0.103. The summed E-state index contributed by atoms with van der Waals surface area (Å²) in [5.74, 6) is -0.423. The molecule has 0 amide bonds. The summed E-state index contributed by atoms with van der Waals surface area (Å²) in [7, 11) is -3.82. The standard InChI is InChI=1S/C13H6Cl2O3S/c14-8-5-6-9(15)13-11(8)12(16)7-3-1-2-4-10(7)19(13,17)18/h1-6H. The fourth-order valence-corrected chi connectivity index (χ4v) is 4.63. The third-order valence-electron chi connectivity index (χ3n) is 2.98. The maximum Gasteiger partial charge on any atom is 0.209 e. The van der Waals surface area contributed by atoms with Crippen molar-refractivity contribution in [3.8, 4) is 0 Å². The van der Waals surface area contributed by atoms with E-state index in [-0.39, 0.29) is 31.0 Å². The number of sulfone groups is 1. The van der Waals surface area contributed by atoms with Crippen LogP contribution in [0.2, 0.25) is 10.0 Å². The van der Waals surface area contributed by atoms with E-state index in [4.69, 9.17) is 23.2 Å². The van der Waals surface area contributed by atoms with Gasteiger partial charge in [0.15, 0.2) is 5.78 Å². The minimum Gasteiger partial charge on any atom is -0.288 e. The van der Waals surface area contributed by atoms with Crippen molar-refractivity contribution in [3.63, 3.8) is 0 Å². The van der Waals surface area contributed by atoms with E-state index in [0.717, 1.165) is 0 Å². The Morgan fingerprint density at radius 2 is 1.53 bits per heavy atom. The number of rotatable bonds is 0. The SMILES string of the molecule is O=C1c2ccccc2S(=O)(=O)c2c(Cl)ccc(Cl)c21. The van der Waals surface area contributed by atoms with E-state index in [2.05, 4.69) is 0 Å². The molecule has 1 heterocycles. The smallest absolute Gasteiger partial charge is 0.209 e. The normalized spacial score (nSPS) is 15.8. The van der Waals surface area contributed by atoms with Crippen LogP contribution in [0.15, 0.2) is 46.2 Å². The second-order valence-corrected chi connectivity index (χ2v) is 6.73. The molecule has 1 aliphatic rings. The first-order valence-electron chi connectivity index (χ1n) is 5.31. The minimum absolute atomic E-state index is 0.00209.